The number of hydrogen-bond acceptors (Lipinski definition) is 5. The molecule has 0 radical (unpaired) electrons. The summed E-state index contributed by atoms with van der Waals surface area (Å²) in [6.07, 6.45) is 6.53. The molecule has 0 saturated heterocycles. The summed E-state index contributed by atoms with van der Waals surface area (Å²) >= 11 is 0. The summed E-state index contributed by atoms with van der Waals surface area (Å²) in [5.74, 6) is 2.85. The van der Waals surface area contributed by atoms with E-state index in [0.717, 1.165) is 5.92 Å². The molecule has 24 heavy (non-hydrogen) atoms. The van der Waals surface area contributed by atoms with E-state index in [9.17, 15) is 14.9 Å². The van der Waals surface area contributed by atoms with Crippen LogP contribution < -0.4 is 4.74 Å². The van der Waals surface area contributed by atoms with Crippen LogP contribution in [0.5, 0.6) is 5.75 Å². The maximum Gasteiger partial charge on any atom is 0.513 e. The van der Waals surface area contributed by atoms with E-state index >= 15 is 0 Å². The molecule has 0 amide bonds. The third kappa shape index (κ3) is 3.13. The van der Waals surface area contributed by atoms with Crippen LogP contribution in [0.25, 0.3) is 0 Å². The lowest BCUT2D eigenvalue weighted by molar-refractivity contribution is -0.384. The largest absolute Gasteiger partial charge is 0.513 e. The average molecular weight is 329 g/mol. The van der Waals surface area contributed by atoms with Crippen molar-refractivity contribution in [3.63, 3.8) is 0 Å². The molecule has 2 fully saturated rings. The molecule has 2 saturated carbocycles. The summed E-state index contributed by atoms with van der Waals surface area (Å²) in [6.45, 7) is 0.408. The van der Waals surface area contributed by atoms with Crippen molar-refractivity contribution < 1.29 is 19.2 Å². The molecule has 0 aliphatic heterocycles. The van der Waals surface area contributed by atoms with Crippen LogP contribution in [0, 0.1) is 33.8 Å². The van der Waals surface area contributed by atoms with Crippen molar-refractivity contribution in [2.24, 2.45) is 23.7 Å². The zero-order valence-corrected chi connectivity index (χ0v) is 13.2. The molecule has 6 nitrogen and oxygen atoms in total. The molecule has 0 aromatic heterocycles. The van der Waals surface area contributed by atoms with Gasteiger partial charge in [0.1, 0.15) is 5.75 Å². The number of nitro benzene ring substituents is 1. The smallest absolute Gasteiger partial charge is 0.434 e. The van der Waals surface area contributed by atoms with E-state index < -0.39 is 11.1 Å². The highest BCUT2D eigenvalue weighted by molar-refractivity contribution is 5.64. The second kappa shape index (κ2) is 5.92. The molecule has 2 unspecified atom stereocenters. The number of allylic oxidation sites excluding steroid dienone is 2. The molecule has 4 atom stereocenters. The molecule has 0 N–H and O–H groups in total. The highest BCUT2D eigenvalue weighted by Crippen LogP contribution is 2.57. The fourth-order valence-corrected chi connectivity index (χ4v) is 4.01. The maximum atomic E-state index is 11.8. The van der Waals surface area contributed by atoms with E-state index in [-0.39, 0.29) is 11.4 Å². The summed E-state index contributed by atoms with van der Waals surface area (Å²) in [7, 11) is 0. The summed E-state index contributed by atoms with van der Waals surface area (Å²) in [5, 5.41) is 10.6. The lowest BCUT2D eigenvalue weighted by Crippen LogP contribution is -2.13. The number of nitro groups is 1. The number of ether oxygens (including phenoxy) is 2. The van der Waals surface area contributed by atoms with Gasteiger partial charge in [0.2, 0.25) is 0 Å². The first-order valence-corrected chi connectivity index (χ1v) is 8.41. The number of rotatable bonds is 4. The Morgan fingerprint density at radius 3 is 2.67 bits per heavy atom. The van der Waals surface area contributed by atoms with Crippen LogP contribution in [0.3, 0.4) is 0 Å². The predicted octanol–water partition coefficient (Wildman–Crippen LogP) is 4.10. The molecule has 0 heterocycles. The van der Waals surface area contributed by atoms with Crippen LogP contribution in [-0.4, -0.2) is 17.7 Å². The first-order valence-electron chi connectivity index (χ1n) is 8.41. The fraction of sp³-hybridized carbons (Fsp3) is 0.500. The summed E-state index contributed by atoms with van der Waals surface area (Å²) < 4.78 is 10.3. The standard InChI is InChI=1S/C18H19NO5/c20-18(24-14-5-3-13(4-6-14)19(21)22)23-10-17-15-7-1-11-9-12(11)2-8-16(15)17/h3-6,9,11,15-17H,1-2,7-8,10H2/t11?,15?,16-,17+/m1/s1. The minimum atomic E-state index is -0.742. The van der Waals surface area contributed by atoms with Crippen molar-refractivity contribution in [1.82, 2.24) is 0 Å². The van der Waals surface area contributed by atoms with Gasteiger partial charge in [0.15, 0.2) is 0 Å². The highest BCUT2D eigenvalue weighted by atomic mass is 16.7. The van der Waals surface area contributed by atoms with Crippen LogP contribution >= 0.6 is 0 Å². The number of non-ortho nitro benzene ring substituents is 1. The molecule has 6 heteroatoms. The quantitative estimate of drug-likeness (QED) is 0.273. The molecular weight excluding hydrogens is 310 g/mol. The topological polar surface area (TPSA) is 78.7 Å². The number of nitrogens with zero attached hydrogens (tertiary/aromatic N) is 1. The second-order valence-corrected chi connectivity index (χ2v) is 6.87. The number of benzene rings is 1. The molecule has 126 valence electrons. The Bertz CT molecular complexity index is 696. The molecule has 0 bridgehead atoms. The van der Waals surface area contributed by atoms with Crippen LogP contribution in [0.15, 0.2) is 35.9 Å². The first-order chi connectivity index (χ1) is 11.6. The number of hydrogen-bond donors (Lipinski definition) is 0. The lowest BCUT2D eigenvalue weighted by atomic mass is 10.0. The van der Waals surface area contributed by atoms with Gasteiger partial charge in [-0.2, -0.15) is 0 Å². The van der Waals surface area contributed by atoms with Gasteiger partial charge in [0.05, 0.1) is 11.5 Å². The maximum absolute atomic E-state index is 11.8. The molecule has 1 aromatic carbocycles. The first kappa shape index (κ1) is 15.2. The SMILES string of the molecule is O=C(OC[C@H]1C2CCC3C=C3CC[C@H]21)Oc1ccc([N+](=O)[O-])cc1. The Morgan fingerprint density at radius 1 is 1.17 bits per heavy atom. The van der Waals surface area contributed by atoms with E-state index in [4.69, 9.17) is 9.47 Å². The van der Waals surface area contributed by atoms with Gasteiger partial charge in [-0.25, -0.2) is 4.79 Å². The molecule has 1 aromatic rings. The van der Waals surface area contributed by atoms with Crippen molar-refractivity contribution in [3.8, 4) is 5.75 Å². The minimum absolute atomic E-state index is 0.0435. The number of fused-ring (bicyclic) bond motifs is 2. The van der Waals surface area contributed by atoms with Gasteiger partial charge in [-0.3, -0.25) is 10.1 Å². The molecule has 0 spiro atoms. The molecular formula is C18H19NO5. The van der Waals surface area contributed by atoms with Crippen LogP contribution in [-0.2, 0) is 4.74 Å². The van der Waals surface area contributed by atoms with Crippen molar-refractivity contribution in [2.45, 2.75) is 25.7 Å². The molecule has 3 aliphatic rings. The zero-order chi connectivity index (χ0) is 16.7. The molecule has 3 aliphatic carbocycles. The second-order valence-electron chi connectivity index (χ2n) is 6.87. The van der Waals surface area contributed by atoms with Crippen LogP contribution in [0.4, 0.5) is 10.5 Å². The van der Waals surface area contributed by atoms with Crippen molar-refractivity contribution in [1.29, 1.82) is 0 Å². The minimum Gasteiger partial charge on any atom is -0.434 e. The predicted molar refractivity (Wildman–Crippen MR) is 85.6 cm³/mol. The van der Waals surface area contributed by atoms with E-state index in [0.29, 0.717) is 24.4 Å². The lowest BCUT2D eigenvalue weighted by Gasteiger charge is -2.05. The van der Waals surface area contributed by atoms with E-state index in [2.05, 4.69) is 6.08 Å². The monoisotopic (exact) mass is 329 g/mol. The van der Waals surface area contributed by atoms with Crippen LogP contribution in [0.1, 0.15) is 25.7 Å². The van der Waals surface area contributed by atoms with Crippen molar-refractivity contribution >= 4 is 11.8 Å². The third-order valence-electron chi connectivity index (χ3n) is 5.51. The summed E-state index contributed by atoms with van der Waals surface area (Å²) in [6, 6.07) is 5.38. The van der Waals surface area contributed by atoms with Gasteiger partial charge in [-0.1, -0.05) is 11.6 Å². The van der Waals surface area contributed by atoms with E-state index in [1.165, 1.54) is 49.9 Å². The average Bonchev–Trinajstić information content (AvgIpc) is 3.43. The van der Waals surface area contributed by atoms with Gasteiger partial charge >= 0.3 is 6.16 Å². The normalized spacial score (nSPS) is 29.9. The van der Waals surface area contributed by atoms with Crippen molar-refractivity contribution in [2.75, 3.05) is 6.61 Å². The van der Waals surface area contributed by atoms with Gasteiger partial charge in [0.25, 0.3) is 5.69 Å². The van der Waals surface area contributed by atoms with Crippen LogP contribution in [0.2, 0.25) is 0 Å². The molecule has 4 rings (SSSR count). The Kier molecular flexibility index (Phi) is 3.75. The fourth-order valence-electron chi connectivity index (χ4n) is 4.01. The Balaban J connectivity index is 1.23. The number of carbonyl (C=O) groups excluding carboxylic acids is 1. The summed E-state index contributed by atoms with van der Waals surface area (Å²) in [5.41, 5.74) is 1.58. The third-order valence-corrected chi connectivity index (χ3v) is 5.51. The Hall–Kier alpha value is -2.37. The zero-order valence-electron chi connectivity index (χ0n) is 13.2. The van der Waals surface area contributed by atoms with Gasteiger partial charge in [0, 0.05) is 12.1 Å². The van der Waals surface area contributed by atoms with Gasteiger partial charge < -0.3 is 9.47 Å². The van der Waals surface area contributed by atoms with Gasteiger partial charge in [-0.05, 0) is 61.5 Å². The number of carbonyl (C=O) groups is 1. The van der Waals surface area contributed by atoms with Crippen molar-refractivity contribution in [3.05, 3.63) is 46.0 Å². The van der Waals surface area contributed by atoms with Gasteiger partial charge in [-0.15, -0.1) is 0 Å². The van der Waals surface area contributed by atoms with E-state index in [1.807, 2.05) is 0 Å². The Labute approximate surface area is 139 Å². The highest BCUT2D eigenvalue weighted by Gasteiger charge is 2.51. The summed E-state index contributed by atoms with van der Waals surface area (Å²) in [4.78, 5) is 21.9. The van der Waals surface area contributed by atoms with E-state index in [1.54, 1.807) is 5.57 Å². The Morgan fingerprint density at radius 2 is 1.92 bits per heavy atom.